The van der Waals surface area contributed by atoms with Gasteiger partial charge in [0.05, 0.1) is 6.42 Å². The molecule has 0 rings (SSSR count). The second-order valence-corrected chi connectivity index (χ2v) is 3.57. The van der Waals surface area contributed by atoms with Crippen LogP contribution in [0, 0.1) is 0 Å². The highest BCUT2D eigenvalue weighted by atomic mass is 16.4. The number of carboxylic acids is 1. The molecule has 5 heteroatoms. The van der Waals surface area contributed by atoms with E-state index in [1.807, 2.05) is 13.8 Å². The van der Waals surface area contributed by atoms with Crippen molar-refractivity contribution in [2.75, 3.05) is 13.6 Å². The van der Waals surface area contributed by atoms with E-state index in [4.69, 9.17) is 5.11 Å². The minimum Gasteiger partial charge on any atom is -0.481 e. The Bertz CT molecular complexity index is 219. The number of nitrogens with zero attached hydrogens (tertiary/aromatic N) is 1. The normalized spacial score (nSPS) is 11.9. The average Bonchev–Trinajstić information content (AvgIpc) is 2.16. The van der Waals surface area contributed by atoms with Crippen LogP contribution in [0.1, 0.15) is 33.1 Å². The van der Waals surface area contributed by atoms with Crippen molar-refractivity contribution in [1.29, 1.82) is 0 Å². The van der Waals surface area contributed by atoms with Crippen LogP contribution in [0.5, 0.6) is 0 Å². The standard InChI is InChI=1S/C10H20N2O3/c1-4-6-12(3)10(15)11-8(5-2)7-9(13)14/h8H,4-7H2,1-3H3,(H,11,15)(H,13,14). The number of hydrogen-bond acceptors (Lipinski definition) is 2. The molecule has 2 N–H and O–H groups in total. The molecule has 1 atom stereocenters. The third kappa shape index (κ3) is 5.93. The number of carbonyl (C=O) groups excluding carboxylic acids is 1. The van der Waals surface area contributed by atoms with E-state index >= 15 is 0 Å². The maximum atomic E-state index is 11.5. The molecule has 0 aromatic carbocycles. The first kappa shape index (κ1) is 13.7. The van der Waals surface area contributed by atoms with Gasteiger partial charge in [-0.05, 0) is 12.8 Å². The van der Waals surface area contributed by atoms with E-state index in [2.05, 4.69) is 5.32 Å². The smallest absolute Gasteiger partial charge is 0.317 e. The lowest BCUT2D eigenvalue weighted by atomic mass is 10.1. The highest BCUT2D eigenvalue weighted by molar-refractivity contribution is 5.75. The number of hydrogen-bond donors (Lipinski definition) is 2. The van der Waals surface area contributed by atoms with Gasteiger partial charge >= 0.3 is 12.0 Å². The number of rotatable bonds is 6. The van der Waals surface area contributed by atoms with E-state index in [1.165, 1.54) is 0 Å². The summed E-state index contributed by atoms with van der Waals surface area (Å²) in [5.41, 5.74) is 0. The van der Waals surface area contributed by atoms with Crippen molar-refractivity contribution >= 4 is 12.0 Å². The Labute approximate surface area is 90.5 Å². The van der Waals surface area contributed by atoms with E-state index in [0.29, 0.717) is 13.0 Å². The molecule has 0 aromatic heterocycles. The Hall–Kier alpha value is -1.26. The summed E-state index contributed by atoms with van der Waals surface area (Å²) in [7, 11) is 1.70. The van der Waals surface area contributed by atoms with Gasteiger partial charge < -0.3 is 15.3 Å². The first-order chi connectivity index (χ1) is 7.01. The first-order valence-corrected chi connectivity index (χ1v) is 5.24. The molecule has 15 heavy (non-hydrogen) atoms. The fourth-order valence-corrected chi connectivity index (χ4v) is 1.23. The highest BCUT2D eigenvalue weighted by Crippen LogP contribution is 1.99. The number of carbonyl (C=O) groups is 2. The Morgan fingerprint density at radius 2 is 2.00 bits per heavy atom. The molecule has 88 valence electrons. The average molecular weight is 216 g/mol. The number of amides is 2. The van der Waals surface area contributed by atoms with Crippen molar-refractivity contribution in [1.82, 2.24) is 10.2 Å². The quantitative estimate of drug-likeness (QED) is 0.703. The summed E-state index contributed by atoms with van der Waals surface area (Å²) in [6, 6.07) is -0.487. The third-order valence-electron chi connectivity index (χ3n) is 2.15. The van der Waals surface area contributed by atoms with Gasteiger partial charge in [0.25, 0.3) is 0 Å². The number of carboxylic acid groups (broad SMARTS) is 1. The fraction of sp³-hybridized carbons (Fsp3) is 0.800. The highest BCUT2D eigenvalue weighted by Gasteiger charge is 2.15. The second kappa shape index (κ2) is 7.09. The molecule has 2 amide bonds. The van der Waals surface area contributed by atoms with Gasteiger partial charge in [0.1, 0.15) is 0 Å². The van der Waals surface area contributed by atoms with Crippen molar-refractivity contribution in [2.45, 2.75) is 39.2 Å². The molecule has 0 radical (unpaired) electrons. The van der Waals surface area contributed by atoms with E-state index in [0.717, 1.165) is 6.42 Å². The molecular formula is C10H20N2O3. The summed E-state index contributed by atoms with van der Waals surface area (Å²) in [6.07, 6.45) is 1.49. The van der Waals surface area contributed by atoms with Crippen molar-refractivity contribution in [3.63, 3.8) is 0 Å². The maximum absolute atomic E-state index is 11.5. The van der Waals surface area contributed by atoms with Gasteiger partial charge in [0.2, 0.25) is 0 Å². The minimum absolute atomic E-state index is 0.0256. The number of urea groups is 1. The van der Waals surface area contributed by atoms with Crippen molar-refractivity contribution in [2.24, 2.45) is 0 Å². The lowest BCUT2D eigenvalue weighted by Gasteiger charge is -2.21. The molecule has 5 nitrogen and oxygen atoms in total. The summed E-state index contributed by atoms with van der Waals surface area (Å²) in [6.45, 7) is 4.52. The van der Waals surface area contributed by atoms with Gasteiger partial charge in [-0.25, -0.2) is 4.79 Å². The first-order valence-electron chi connectivity index (χ1n) is 5.24. The predicted octanol–water partition coefficient (Wildman–Crippen LogP) is 1.29. The Balaban J connectivity index is 4.05. The fourth-order valence-electron chi connectivity index (χ4n) is 1.23. The molecule has 0 heterocycles. The van der Waals surface area contributed by atoms with Crippen LogP contribution in [0.2, 0.25) is 0 Å². The van der Waals surface area contributed by atoms with E-state index in [-0.39, 0.29) is 18.5 Å². The van der Waals surface area contributed by atoms with Gasteiger partial charge in [0.15, 0.2) is 0 Å². The van der Waals surface area contributed by atoms with Crippen LogP contribution in [-0.4, -0.2) is 41.6 Å². The van der Waals surface area contributed by atoms with Crippen LogP contribution in [0.4, 0.5) is 4.79 Å². The van der Waals surface area contributed by atoms with Gasteiger partial charge in [-0.1, -0.05) is 13.8 Å². The van der Waals surface area contributed by atoms with Gasteiger partial charge in [-0.2, -0.15) is 0 Å². The molecule has 1 unspecified atom stereocenters. The van der Waals surface area contributed by atoms with Crippen LogP contribution in [-0.2, 0) is 4.79 Å². The van der Waals surface area contributed by atoms with E-state index in [9.17, 15) is 9.59 Å². The van der Waals surface area contributed by atoms with Gasteiger partial charge in [-0.3, -0.25) is 4.79 Å². The zero-order valence-electron chi connectivity index (χ0n) is 9.62. The van der Waals surface area contributed by atoms with Crippen LogP contribution in [0.3, 0.4) is 0 Å². The Morgan fingerprint density at radius 3 is 2.40 bits per heavy atom. The van der Waals surface area contributed by atoms with Crippen LogP contribution in [0.25, 0.3) is 0 Å². The molecule has 0 saturated carbocycles. The zero-order chi connectivity index (χ0) is 11.8. The van der Waals surface area contributed by atoms with Crippen LogP contribution < -0.4 is 5.32 Å². The Morgan fingerprint density at radius 1 is 1.40 bits per heavy atom. The second-order valence-electron chi connectivity index (χ2n) is 3.57. The SMILES string of the molecule is CCCN(C)C(=O)NC(CC)CC(=O)O. The molecule has 0 aromatic rings. The molecular weight excluding hydrogens is 196 g/mol. The summed E-state index contributed by atoms with van der Waals surface area (Å²) in [5.74, 6) is -0.889. The third-order valence-corrected chi connectivity index (χ3v) is 2.15. The molecule has 0 aliphatic rings. The van der Waals surface area contributed by atoms with E-state index < -0.39 is 5.97 Å². The minimum atomic E-state index is -0.889. The zero-order valence-corrected chi connectivity index (χ0v) is 9.62. The van der Waals surface area contributed by atoms with Crippen molar-refractivity contribution in [3.05, 3.63) is 0 Å². The number of aliphatic carboxylic acids is 1. The summed E-state index contributed by atoms with van der Waals surface area (Å²) in [4.78, 5) is 23.5. The topological polar surface area (TPSA) is 69.6 Å². The molecule has 0 aliphatic carbocycles. The summed E-state index contributed by atoms with van der Waals surface area (Å²) < 4.78 is 0. The Kier molecular flexibility index (Phi) is 6.49. The lowest BCUT2D eigenvalue weighted by molar-refractivity contribution is -0.137. The molecule has 0 fully saturated rings. The predicted molar refractivity (Wildman–Crippen MR) is 57.8 cm³/mol. The monoisotopic (exact) mass is 216 g/mol. The maximum Gasteiger partial charge on any atom is 0.317 e. The van der Waals surface area contributed by atoms with Gasteiger partial charge in [0, 0.05) is 19.6 Å². The summed E-state index contributed by atoms with van der Waals surface area (Å²) in [5, 5.41) is 11.3. The molecule has 0 saturated heterocycles. The van der Waals surface area contributed by atoms with Crippen LogP contribution in [0.15, 0.2) is 0 Å². The molecule has 0 bridgehead atoms. The van der Waals surface area contributed by atoms with Crippen molar-refractivity contribution in [3.8, 4) is 0 Å². The van der Waals surface area contributed by atoms with Crippen LogP contribution >= 0.6 is 0 Å². The number of nitrogens with one attached hydrogen (secondary N) is 1. The molecule has 0 aliphatic heterocycles. The molecule has 0 spiro atoms. The van der Waals surface area contributed by atoms with Gasteiger partial charge in [-0.15, -0.1) is 0 Å². The van der Waals surface area contributed by atoms with E-state index in [1.54, 1.807) is 11.9 Å². The largest absolute Gasteiger partial charge is 0.481 e. The lowest BCUT2D eigenvalue weighted by Crippen LogP contribution is -2.43. The summed E-state index contributed by atoms with van der Waals surface area (Å²) >= 11 is 0. The van der Waals surface area contributed by atoms with Crippen molar-refractivity contribution < 1.29 is 14.7 Å².